The molecule has 2 aromatic rings. The van der Waals surface area contributed by atoms with Crippen molar-refractivity contribution in [3.05, 3.63) is 36.4 Å². The summed E-state index contributed by atoms with van der Waals surface area (Å²) in [5.74, 6) is 1.84. The fraction of sp³-hybridized carbons (Fsp3) is 0.529. The lowest BCUT2D eigenvalue weighted by molar-refractivity contribution is 0.270. The molecule has 0 aliphatic carbocycles. The highest BCUT2D eigenvalue weighted by Crippen LogP contribution is 2.25. The van der Waals surface area contributed by atoms with Crippen LogP contribution in [0.4, 0.5) is 0 Å². The van der Waals surface area contributed by atoms with Gasteiger partial charge in [0.2, 0.25) is 10.0 Å². The Hall–Kier alpha value is -1.97. The Kier molecular flexibility index (Phi) is 5.90. The molecule has 9 heteroatoms. The maximum Gasteiger partial charge on any atom is 0.243 e. The summed E-state index contributed by atoms with van der Waals surface area (Å²) >= 11 is 0. The van der Waals surface area contributed by atoms with Crippen LogP contribution in [0.5, 0.6) is 5.75 Å². The number of aromatic nitrogens is 3. The summed E-state index contributed by atoms with van der Waals surface area (Å²) < 4.78 is 34.5. The zero-order valence-corrected chi connectivity index (χ0v) is 15.9. The fourth-order valence-corrected chi connectivity index (χ4v) is 4.57. The highest BCUT2D eigenvalue weighted by molar-refractivity contribution is 7.89. The minimum Gasteiger partial charge on any atom is -0.486 e. The molecule has 142 valence electrons. The van der Waals surface area contributed by atoms with Crippen LogP contribution in [0.25, 0.3) is 0 Å². The van der Waals surface area contributed by atoms with Gasteiger partial charge in [0.05, 0.1) is 4.90 Å². The molecule has 1 saturated heterocycles. The van der Waals surface area contributed by atoms with Crippen molar-refractivity contribution < 1.29 is 13.2 Å². The van der Waals surface area contributed by atoms with E-state index in [0.717, 1.165) is 19.4 Å². The molecule has 1 aromatic carbocycles. The number of sulfonamides is 1. The Morgan fingerprint density at radius 1 is 1.23 bits per heavy atom. The monoisotopic (exact) mass is 379 g/mol. The van der Waals surface area contributed by atoms with Gasteiger partial charge >= 0.3 is 0 Å². The van der Waals surface area contributed by atoms with Crippen LogP contribution in [-0.2, 0) is 23.7 Å². The van der Waals surface area contributed by atoms with Crippen LogP contribution in [0.3, 0.4) is 0 Å². The van der Waals surface area contributed by atoms with Crippen LogP contribution in [0.2, 0.25) is 0 Å². The Bertz CT molecular complexity index is 811. The average molecular weight is 379 g/mol. The molecule has 0 atom stereocenters. The van der Waals surface area contributed by atoms with Crippen molar-refractivity contribution in [2.75, 3.05) is 26.7 Å². The largest absolute Gasteiger partial charge is 0.486 e. The molecule has 0 bridgehead atoms. The lowest BCUT2D eigenvalue weighted by atomic mass is 9.98. The first-order valence-corrected chi connectivity index (χ1v) is 10.1. The van der Waals surface area contributed by atoms with Crippen molar-refractivity contribution in [1.82, 2.24) is 24.4 Å². The van der Waals surface area contributed by atoms with E-state index in [2.05, 4.69) is 15.4 Å². The van der Waals surface area contributed by atoms with Gasteiger partial charge in [0, 0.05) is 20.1 Å². The van der Waals surface area contributed by atoms with Gasteiger partial charge in [-0.1, -0.05) is 0 Å². The standard InChI is InChI=1S/C17H25N5O3S/c1-18-11-14-7-9-22(10-8-14)26(23,24)16-5-3-15(4-6-16)25-12-17-19-13-20-21(17)2/h3-6,13-14,18H,7-12H2,1-2H3. The van der Waals surface area contributed by atoms with E-state index in [1.54, 1.807) is 40.3 Å². The second-order valence-electron chi connectivity index (χ2n) is 6.47. The molecule has 1 fully saturated rings. The molecule has 1 aliphatic rings. The first kappa shape index (κ1) is 18.8. The van der Waals surface area contributed by atoms with E-state index >= 15 is 0 Å². The highest BCUT2D eigenvalue weighted by atomic mass is 32.2. The second-order valence-corrected chi connectivity index (χ2v) is 8.40. The first-order valence-electron chi connectivity index (χ1n) is 8.71. The molecule has 0 saturated carbocycles. The highest BCUT2D eigenvalue weighted by Gasteiger charge is 2.29. The number of rotatable bonds is 7. The molecular formula is C17H25N5O3S. The van der Waals surface area contributed by atoms with E-state index in [9.17, 15) is 8.42 Å². The van der Waals surface area contributed by atoms with Crippen molar-refractivity contribution >= 4 is 10.0 Å². The van der Waals surface area contributed by atoms with Gasteiger partial charge in [-0.2, -0.15) is 9.40 Å². The molecule has 8 nitrogen and oxygen atoms in total. The van der Waals surface area contributed by atoms with E-state index in [1.807, 2.05) is 7.05 Å². The number of benzene rings is 1. The van der Waals surface area contributed by atoms with Crippen molar-refractivity contribution in [2.24, 2.45) is 13.0 Å². The third kappa shape index (κ3) is 4.22. The molecule has 26 heavy (non-hydrogen) atoms. The summed E-state index contributed by atoms with van der Waals surface area (Å²) in [7, 11) is 0.269. The Labute approximate surface area is 154 Å². The first-order chi connectivity index (χ1) is 12.5. The van der Waals surface area contributed by atoms with Crippen LogP contribution < -0.4 is 10.1 Å². The fourth-order valence-electron chi connectivity index (χ4n) is 3.10. The third-order valence-corrected chi connectivity index (χ3v) is 6.61. The van der Waals surface area contributed by atoms with Gasteiger partial charge in [-0.25, -0.2) is 13.4 Å². The van der Waals surface area contributed by atoms with E-state index in [1.165, 1.54) is 6.33 Å². The van der Waals surface area contributed by atoms with Gasteiger partial charge in [0.25, 0.3) is 0 Å². The topological polar surface area (TPSA) is 89.3 Å². The molecule has 3 rings (SSSR count). The number of hydrogen-bond acceptors (Lipinski definition) is 6. The van der Waals surface area contributed by atoms with Crippen molar-refractivity contribution in [3.63, 3.8) is 0 Å². The molecule has 0 spiro atoms. The summed E-state index contributed by atoms with van der Waals surface area (Å²) in [5.41, 5.74) is 0. The van der Waals surface area contributed by atoms with Crippen LogP contribution >= 0.6 is 0 Å². The maximum atomic E-state index is 12.8. The van der Waals surface area contributed by atoms with Crippen molar-refractivity contribution in [3.8, 4) is 5.75 Å². The van der Waals surface area contributed by atoms with Gasteiger partial charge in [0.15, 0.2) is 5.82 Å². The molecular weight excluding hydrogens is 354 g/mol. The second kappa shape index (κ2) is 8.15. The molecule has 1 aliphatic heterocycles. The number of aryl methyl sites for hydroxylation is 1. The smallest absolute Gasteiger partial charge is 0.243 e. The van der Waals surface area contributed by atoms with E-state index < -0.39 is 10.0 Å². The minimum atomic E-state index is -3.45. The maximum absolute atomic E-state index is 12.8. The number of nitrogens with zero attached hydrogens (tertiary/aromatic N) is 4. The van der Waals surface area contributed by atoms with Gasteiger partial charge in [-0.15, -0.1) is 0 Å². The van der Waals surface area contributed by atoms with Gasteiger partial charge in [-0.3, -0.25) is 4.68 Å². The molecule has 0 unspecified atom stereocenters. The van der Waals surface area contributed by atoms with E-state index in [4.69, 9.17) is 4.74 Å². The summed E-state index contributed by atoms with van der Waals surface area (Å²) in [5, 5.41) is 7.14. The summed E-state index contributed by atoms with van der Waals surface area (Å²) in [4.78, 5) is 4.39. The lowest BCUT2D eigenvalue weighted by Crippen LogP contribution is -2.40. The van der Waals surface area contributed by atoms with Crippen molar-refractivity contribution in [2.45, 2.75) is 24.3 Å². The van der Waals surface area contributed by atoms with Crippen LogP contribution in [-0.4, -0.2) is 54.2 Å². The Morgan fingerprint density at radius 2 is 1.92 bits per heavy atom. The van der Waals surface area contributed by atoms with Crippen LogP contribution in [0, 0.1) is 5.92 Å². The summed E-state index contributed by atoms with van der Waals surface area (Å²) in [6, 6.07) is 6.55. The summed E-state index contributed by atoms with van der Waals surface area (Å²) in [6.45, 7) is 2.35. The minimum absolute atomic E-state index is 0.279. The van der Waals surface area contributed by atoms with Crippen molar-refractivity contribution in [1.29, 1.82) is 0 Å². The number of hydrogen-bond donors (Lipinski definition) is 1. The molecule has 1 aromatic heterocycles. The number of piperidine rings is 1. The third-order valence-electron chi connectivity index (χ3n) is 4.70. The van der Waals surface area contributed by atoms with E-state index in [0.29, 0.717) is 35.5 Å². The molecule has 2 heterocycles. The van der Waals surface area contributed by atoms with Gasteiger partial charge in [-0.05, 0) is 56.6 Å². The molecule has 0 amide bonds. The quantitative estimate of drug-likeness (QED) is 0.772. The van der Waals surface area contributed by atoms with Gasteiger partial charge in [0.1, 0.15) is 18.7 Å². The Morgan fingerprint density at radius 3 is 2.50 bits per heavy atom. The Balaban J connectivity index is 1.61. The average Bonchev–Trinajstić information content (AvgIpc) is 3.06. The lowest BCUT2D eigenvalue weighted by Gasteiger charge is -2.31. The SMILES string of the molecule is CNCC1CCN(S(=O)(=O)c2ccc(OCc3ncnn3C)cc2)CC1. The molecule has 1 N–H and O–H groups in total. The van der Waals surface area contributed by atoms with Gasteiger partial charge < -0.3 is 10.1 Å². The predicted octanol–water partition coefficient (Wildman–Crippen LogP) is 1.01. The number of ether oxygens (including phenoxy) is 1. The summed E-state index contributed by atoms with van der Waals surface area (Å²) in [6.07, 6.45) is 3.24. The zero-order valence-electron chi connectivity index (χ0n) is 15.1. The van der Waals surface area contributed by atoms with E-state index in [-0.39, 0.29) is 6.61 Å². The van der Waals surface area contributed by atoms with Crippen LogP contribution in [0.1, 0.15) is 18.7 Å². The molecule has 0 radical (unpaired) electrons. The normalized spacial score (nSPS) is 16.7. The number of nitrogens with one attached hydrogen (secondary N) is 1. The predicted molar refractivity (Wildman–Crippen MR) is 97.2 cm³/mol. The zero-order chi connectivity index (χ0) is 18.6. The van der Waals surface area contributed by atoms with Crippen LogP contribution in [0.15, 0.2) is 35.5 Å².